The Morgan fingerprint density at radius 1 is 1.40 bits per heavy atom. The van der Waals surface area contributed by atoms with Gasteiger partial charge in [-0.15, -0.1) is 16.6 Å². The second-order valence-corrected chi connectivity index (χ2v) is 5.61. The summed E-state index contributed by atoms with van der Waals surface area (Å²) in [5, 5.41) is 18.9. The number of aryl methyl sites for hydroxylation is 1. The molecule has 130 valence electrons. The Balaban J connectivity index is 2.30. The minimum atomic E-state index is -1.36. The van der Waals surface area contributed by atoms with E-state index in [1.54, 1.807) is 25.1 Å². The van der Waals surface area contributed by atoms with Gasteiger partial charge in [0.1, 0.15) is 6.61 Å². The molecule has 1 aromatic heterocycles. The molecule has 1 aromatic carbocycles. The van der Waals surface area contributed by atoms with Crippen LogP contribution < -0.4 is 14.6 Å². The van der Waals surface area contributed by atoms with Crippen LogP contribution in [0.25, 0.3) is 6.08 Å². The monoisotopic (exact) mass is 359 g/mol. The zero-order valence-corrected chi connectivity index (χ0v) is 14.5. The quantitative estimate of drug-likeness (QED) is 0.399. The van der Waals surface area contributed by atoms with E-state index in [0.29, 0.717) is 29.6 Å². The minimum absolute atomic E-state index is 0.0802. The summed E-state index contributed by atoms with van der Waals surface area (Å²) < 4.78 is 16.1. The molecule has 2 aromatic rings. The maximum atomic E-state index is 11.4. The standard InChI is InChI=1S/C17H16N2O5S/c1-4-8-23-13-7-6-12(9-14(13)22-5-2)10-15(16(20)21)25-17-19-18-11(3)24-17/h1,6-7,9-10H,5,8H2,2-3H3,(H,20,21)/p-1/b15-10-. The Labute approximate surface area is 149 Å². The van der Waals surface area contributed by atoms with E-state index in [-0.39, 0.29) is 16.7 Å². The average Bonchev–Trinajstić information content (AvgIpc) is 2.99. The van der Waals surface area contributed by atoms with Crippen LogP contribution in [0.2, 0.25) is 0 Å². The highest BCUT2D eigenvalue weighted by atomic mass is 32.2. The molecule has 0 aliphatic heterocycles. The van der Waals surface area contributed by atoms with Crippen molar-refractivity contribution >= 4 is 23.8 Å². The fourth-order valence-corrected chi connectivity index (χ4v) is 2.53. The summed E-state index contributed by atoms with van der Waals surface area (Å²) in [6, 6.07) is 4.98. The summed E-state index contributed by atoms with van der Waals surface area (Å²) in [5.41, 5.74) is 0.583. The molecule has 1 heterocycles. The molecule has 0 atom stereocenters. The summed E-state index contributed by atoms with van der Waals surface area (Å²) in [7, 11) is 0. The average molecular weight is 359 g/mol. The highest BCUT2D eigenvalue weighted by Crippen LogP contribution is 2.31. The van der Waals surface area contributed by atoms with Gasteiger partial charge < -0.3 is 23.8 Å². The van der Waals surface area contributed by atoms with Gasteiger partial charge in [-0.1, -0.05) is 12.0 Å². The number of aliphatic carboxylic acids is 1. The lowest BCUT2D eigenvalue weighted by Crippen LogP contribution is -2.23. The first-order valence-electron chi connectivity index (χ1n) is 7.27. The fraction of sp³-hybridized carbons (Fsp3) is 0.235. The van der Waals surface area contributed by atoms with Crippen LogP contribution in [0.4, 0.5) is 0 Å². The smallest absolute Gasteiger partial charge is 0.281 e. The third-order valence-electron chi connectivity index (χ3n) is 2.78. The van der Waals surface area contributed by atoms with Crippen molar-refractivity contribution in [2.45, 2.75) is 19.1 Å². The number of terminal acetylenes is 1. The molecule has 8 heteroatoms. The van der Waals surface area contributed by atoms with Gasteiger partial charge >= 0.3 is 0 Å². The van der Waals surface area contributed by atoms with Crippen LogP contribution in [0, 0.1) is 19.3 Å². The zero-order valence-electron chi connectivity index (χ0n) is 13.6. The summed E-state index contributed by atoms with van der Waals surface area (Å²) in [6.45, 7) is 3.96. The summed E-state index contributed by atoms with van der Waals surface area (Å²) in [6.07, 6.45) is 6.61. The van der Waals surface area contributed by atoms with E-state index < -0.39 is 5.97 Å². The lowest BCUT2D eigenvalue weighted by atomic mass is 10.2. The maximum Gasteiger partial charge on any atom is 0.281 e. The second kappa shape index (κ2) is 8.80. The van der Waals surface area contributed by atoms with Crippen molar-refractivity contribution < 1.29 is 23.8 Å². The number of aromatic nitrogens is 2. The molecule has 0 aliphatic rings. The Hall–Kier alpha value is -2.92. The number of benzene rings is 1. The number of thioether (sulfide) groups is 1. The van der Waals surface area contributed by atoms with E-state index in [0.717, 1.165) is 11.8 Å². The number of ether oxygens (including phenoxy) is 2. The Kier molecular flexibility index (Phi) is 6.48. The van der Waals surface area contributed by atoms with E-state index in [1.165, 1.54) is 6.08 Å². The van der Waals surface area contributed by atoms with Gasteiger partial charge in [-0.2, -0.15) is 0 Å². The van der Waals surface area contributed by atoms with Gasteiger partial charge in [0, 0.05) is 11.8 Å². The first-order chi connectivity index (χ1) is 12.0. The third-order valence-corrected chi connectivity index (χ3v) is 3.63. The molecular formula is C17H15N2O5S-. The van der Waals surface area contributed by atoms with Crippen molar-refractivity contribution in [1.82, 2.24) is 10.2 Å². The number of hydrogen-bond donors (Lipinski definition) is 0. The molecule has 0 spiro atoms. The van der Waals surface area contributed by atoms with E-state index >= 15 is 0 Å². The normalized spacial score (nSPS) is 11.0. The second-order valence-electron chi connectivity index (χ2n) is 4.62. The summed E-state index contributed by atoms with van der Waals surface area (Å²) in [4.78, 5) is 11.3. The van der Waals surface area contributed by atoms with Crippen molar-refractivity contribution in [2.24, 2.45) is 0 Å². The molecule has 25 heavy (non-hydrogen) atoms. The number of carboxylic acids is 1. The van der Waals surface area contributed by atoms with Gasteiger partial charge in [0.15, 0.2) is 11.5 Å². The molecule has 0 fully saturated rings. The van der Waals surface area contributed by atoms with Gasteiger partial charge in [-0.25, -0.2) is 0 Å². The number of rotatable bonds is 8. The van der Waals surface area contributed by atoms with Crippen molar-refractivity contribution in [2.75, 3.05) is 13.2 Å². The van der Waals surface area contributed by atoms with Crippen LogP contribution >= 0.6 is 11.8 Å². The van der Waals surface area contributed by atoms with E-state index in [2.05, 4.69) is 16.1 Å². The predicted molar refractivity (Wildman–Crippen MR) is 89.8 cm³/mol. The van der Waals surface area contributed by atoms with E-state index in [4.69, 9.17) is 20.3 Å². The number of carbonyl (C=O) groups excluding carboxylic acids is 1. The number of carbonyl (C=O) groups is 1. The molecule has 0 N–H and O–H groups in total. The SMILES string of the molecule is C#CCOc1ccc(/C=C(\Sc2nnc(C)o2)C(=O)[O-])cc1OCC. The zero-order chi connectivity index (χ0) is 18.2. The molecule has 2 rings (SSSR count). The highest BCUT2D eigenvalue weighted by Gasteiger charge is 2.11. The van der Waals surface area contributed by atoms with Crippen molar-refractivity contribution in [3.63, 3.8) is 0 Å². The lowest BCUT2D eigenvalue weighted by molar-refractivity contribution is -0.298. The van der Waals surface area contributed by atoms with Gasteiger partial charge in [0.05, 0.1) is 12.6 Å². The minimum Gasteiger partial charge on any atom is -0.544 e. The molecular weight excluding hydrogens is 344 g/mol. The summed E-state index contributed by atoms with van der Waals surface area (Å²) >= 11 is 0.810. The lowest BCUT2D eigenvalue weighted by Gasteiger charge is -2.12. The molecule has 0 bridgehead atoms. The van der Waals surface area contributed by atoms with E-state index in [1.807, 2.05) is 6.92 Å². The largest absolute Gasteiger partial charge is 0.544 e. The Bertz CT molecular complexity index is 823. The molecule has 0 saturated carbocycles. The number of carboxylic acid groups (broad SMARTS) is 1. The molecule has 0 unspecified atom stereocenters. The molecule has 0 radical (unpaired) electrons. The number of hydrogen-bond acceptors (Lipinski definition) is 8. The van der Waals surface area contributed by atoms with Crippen LogP contribution in [0.5, 0.6) is 11.5 Å². The third kappa shape index (κ3) is 5.29. The van der Waals surface area contributed by atoms with Crippen molar-refractivity contribution in [1.29, 1.82) is 0 Å². The van der Waals surface area contributed by atoms with Crippen LogP contribution in [0.15, 0.2) is 32.7 Å². The van der Waals surface area contributed by atoms with Gasteiger partial charge in [0.25, 0.3) is 5.22 Å². The van der Waals surface area contributed by atoms with Gasteiger partial charge in [0.2, 0.25) is 5.89 Å². The topological polar surface area (TPSA) is 97.5 Å². The van der Waals surface area contributed by atoms with Crippen LogP contribution in [-0.2, 0) is 4.79 Å². The van der Waals surface area contributed by atoms with Crippen molar-refractivity contribution in [3.05, 3.63) is 34.6 Å². The predicted octanol–water partition coefficient (Wildman–Crippen LogP) is 1.67. The molecule has 0 saturated heterocycles. The van der Waals surface area contributed by atoms with E-state index in [9.17, 15) is 9.90 Å². The number of nitrogens with zero attached hydrogens (tertiary/aromatic N) is 2. The van der Waals surface area contributed by atoms with Crippen LogP contribution in [0.3, 0.4) is 0 Å². The Morgan fingerprint density at radius 2 is 2.20 bits per heavy atom. The molecule has 7 nitrogen and oxygen atoms in total. The Morgan fingerprint density at radius 3 is 2.80 bits per heavy atom. The maximum absolute atomic E-state index is 11.4. The molecule has 0 aliphatic carbocycles. The highest BCUT2D eigenvalue weighted by molar-refractivity contribution is 8.03. The first-order valence-corrected chi connectivity index (χ1v) is 8.09. The summed E-state index contributed by atoms with van der Waals surface area (Å²) in [5.74, 6) is 2.30. The first kappa shape index (κ1) is 18.4. The van der Waals surface area contributed by atoms with Gasteiger partial charge in [-0.05, 0) is 42.5 Å². The van der Waals surface area contributed by atoms with Crippen LogP contribution in [-0.4, -0.2) is 29.4 Å². The van der Waals surface area contributed by atoms with Crippen LogP contribution in [0.1, 0.15) is 18.4 Å². The molecule has 0 amide bonds. The van der Waals surface area contributed by atoms with Crippen molar-refractivity contribution in [3.8, 4) is 23.8 Å². The van der Waals surface area contributed by atoms with Gasteiger partial charge in [-0.3, -0.25) is 0 Å². The fourth-order valence-electron chi connectivity index (χ4n) is 1.82.